The lowest BCUT2D eigenvalue weighted by Gasteiger charge is -2.05. The Morgan fingerprint density at radius 3 is 2.83 bits per heavy atom. The molecule has 4 rings (SSSR count). The molecule has 0 unspecified atom stereocenters. The van der Waals surface area contributed by atoms with Crippen molar-refractivity contribution in [2.45, 2.75) is 6.54 Å². The van der Waals surface area contributed by atoms with Gasteiger partial charge >= 0.3 is 0 Å². The smallest absolute Gasteiger partial charge is 0.297 e. The zero-order valence-electron chi connectivity index (χ0n) is 12.4. The second kappa shape index (κ2) is 4.95. The fourth-order valence-electron chi connectivity index (χ4n) is 2.61. The fraction of sp³-hybridized carbons (Fsp3) is 0.118. The van der Waals surface area contributed by atoms with Gasteiger partial charge in [-0.2, -0.15) is 0 Å². The van der Waals surface area contributed by atoms with Gasteiger partial charge in [-0.1, -0.05) is 12.1 Å². The van der Waals surface area contributed by atoms with Crippen LogP contribution in [-0.4, -0.2) is 14.1 Å². The summed E-state index contributed by atoms with van der Waals surface area (Å²) in [7, 11) is 1.68. The largest absolute Gasteiger partial charge is 0.448 e. The lowest BCUT2D eigenvalue weighted by molar-refractivity contribution is 0.642. The van der Waals surface area contributed by atoms with E-state index in [9.17, 15) is 9.59 Å². The van der Waals surface area contributed by atoms with Gasteiger partial charge in [0, 0.05) is 24.7 Å². The standard InChI is InChI=1S/C17H13N3O3/c1-19-7-6-11(8-14(19)21)9-20-10-18-15-12-4-2-3-5-13(12)23-16(15)17(20)22/h2-8,10H,9H2,1H3. The molecule has 3 heterocycles. The molecule has 0 radical (unpaired) electrons. The molecule has 0 atom stereocenters. The van der Waals surface area contributed by atoms with Gasteiger partial charge in [-0.05, 0) is 23.8 Å². The van der Waals surface area contributed by atoms with Gasteiger partial charge in [0.25, 0.3) is 11.1 Å². The normalized spacial score (nSPS) is 11.3. The van der Waals surface area contributed by atoms with Crippen LogP contribution in [0.1, 0.15) is 5.56 Å². The maximum atomic E-state index is 12.6. The van der Waals surface area contributed by atoms with E-state index in [0.717, 1.165) is 10.9 Å². The lowest BCUT2D eigenvalue weighted by Crippen LogP contribution is -2.22. The van der Waals surface area contributed by atoms with Crippen LogP contribution in [0.5, 0.6) is 0 Å². The first-order valence-corrected chi connectivity index (χ1v) is 7.16. The van der Waals surface area contributed by atoms with E-state index in [2.05, 4.69) is 4.98 Å². The highest BCUT2D eigenvalue weighted by atomic mass is 16.3. The third-order valence-corrected chi connectivity index (χ3v) is 3.87. The number of hydrogen-bond acceptors (Lipinski definition) is 4. The van der Waals surface area contributed by atoms with Gasteiger partial charge in [0.05, 0.1) is 12.9 Å². The van der Waals surface area contributed by atoms with Crippen LogP contribution in [0.25, 0.3) is 22.1 Å². The molecule has 0 spiro atoms. The van der Waals surface area contributed by atoms with Crippen molar-refractivity contribution in [3.05, 3.63) is 75.2 Å². The van der Waals surface area contributed by atoms with Gasteiger partial charge in [0.15, 0.2) is 0 Å². The Bertz CT molecular complexity index is 1150. The highest BCUT2D eigenvalue weighted by Gasteiger charge is 2.13. The molecule has 3 aromatic heterocycles. The minimum absolute atomic E-state index is 0.117. The number of nitrogens with zero attached hydrogens (tertiary/aromatic N) is 3. The number of pyridine rings is 1. The number of benzene rings is 1. The first-order chi connectivity index (χ1) is 11.1. The van der Waals surface area contributed by atoms with E-state index in [4.69, 9.17) is 4.42 Å². The van der Waals surface area contributed by atoms with Crippen molar-refractivity contribution in [1.82, 2.24) is 14.1 Å². The number of aryl methyl sites for hydroxylation is 1. The minimum Gasteiger partial charge on any atom is -0.448 e. The van der Waals surface area contributed by atoms with Gasteiger partial charge in [-0.25, -0.2) is 4.98 Å². The zero-order chi connectivity index (χ0) is 16.0. The van der Waals surface area contributed by atoms with Crippen molar-refractivity contribution in [3.8, 4) is 0 Å². The second-order valence-corrected chi connectivity index (χ2v) is 5.44. The van der Waals surface area contributed by atoms with Crippen molar-refractivity contribution in [3.63, 3.8) is 0 Å². The summed E-state index contributed by atoms with van der Waals surface area (Å²) < 4.78 is 8.57. The minimum atomic E-state index is -0.258. The fourth-order valence-corrected chi connectivity index (χ4v) is 2.61. The summed E-state index contributed by atoms with van der Waals surface area (Å²) in [5.74, 6) is 0. The number of aromatic nitrogens is 3. The average molecular weight is 307 g/mol. The zero-order valence-corrected chi connectivity index (χ0v) is 12.4. The molecule has 23 heavy (non-hydrogen) atoms. The van der Waals surface area contributed by atoms with Crippen LogP contribution in [0.4, 0.5) is 0 Å². The molecule has 0 fully saturated rings. The molecule has 0 amide bonds. The SMILES string of the molecule is Cn1ccc(Cn2cnc3c(oc4ccccc43)c2=O)cc1=O. The maximum Gasteiger partial charge on any atom is 0.297 e. The van der Waals surface area contributed by atoms with E-state index in [1.165, 1.54) is 21.5 Å². The molecule has 0 N–H and O–H groups in total. The Kier molecular flexibility index (Phi) is 2.90. The molecule has 6 nitrogen and oxygen atoms in total. The summed E-state index contributed by atoms with van der Waals surface area (Å²) >= 11 is 0. The van der Waals surface area contributed by atoms with E-state index in [-0.39, 0.29) is 23.2 Å². The molecule has 114 valence electrons. The Morgan fingerprint density at radius 1 is 1.17 bits per heavy atom. The molecule has 0 aliphatic heterocycles. The Hall–Kier alpha value is -3.15. The van der Waals surface area contributed by atoms with Crippen molar-refractivity contribution >= 4 is 22.1 Å². The van der Waals surface area contributed by atoms with Crippen LogP contribution in [0.3, 0.4) is 0 Å². The average Bonchev–Trinajstić information content (AvgIpc) is 2.93. The quantitative estimate of drug-likeness (QED) is 0.567. The third-order valence-electron chi connectivity index (χ3n) is 3.87. The predicted molar refractivity (Wildman–Crippen MR) is 86.6 cm³/mol. The van der Waals surface area contributed by atoms with E-state index >= 15 is 0 Å². The third kappa shape index (κ3) is 2.15. The molecule has 0 aliphatic rings. The van der Waals surface area contributed by atoms with Crippen LogP contribution in [0.15, 0.2) is 62.9 Å². The van der Waals surface area contributed by atoms with Crippen molar-refractivity contribution in [2.24, 2.45) is 7.05 Å². The van der Waals surface area contributed by atoms with E-state index in [1.54, 1.807) is 19.3 Å². The van der Waals surface area contributed by atoms with Crippen molar-refractivity contribution in [1.29, 1.82) is 0 Å². The highest BCUT2D eigenvalue weighted by molar-refractivity contribution is 6.01. The van der Waals surface area contributed by atoms with Crippen LogP contribution in [0, 0.1) is 0 Å². The molecule has 0 aliphatic carbocycles. The first kappa shape index (κ1) is 13.5. The molecule has 4 aromatic rings. The maximum absolute atomic E-state index is 12.6. The molecule has 0 saturated heterocycles. The second-order valence-electron chi connectivity index (χ2n) is 5.44. The van der Waals surface area contributed by atoms with Crippen LogP contribution in [-0.2, 0) is 13.6 Å². The summed E-state index contributed by atoms with van der Waals surface area (Å²) in [6.07, 6.45) is 3.17. The highest BCUT2D eigenvalue weighted by Crippen LogP contribution is 2.24. The number of para-hydroxylation sites is 1. The van der Waals surface area contributed by atoms with Gasteiger partial charge < -0.3 is 8.98 Å². The van der Waals surface area contributed by atoms with Gasteiger partial charge in [-0.15, -0.1) is 0 Å². The lowest BCUT2D eigenvalue weighted by atomic mass is 10.2. The molecule has 0 saturated carbocycles. The summed E-state index contributed by atoms with van der Waals surface area (Å²) in [5.41, 5.74) is 1.80. The van der Waals surface area contributed by atoms with Gasteiger partial charge in [0.2, 0.25) is 5.58 Å². The molecular formula is C17H13N3O3. The molecular weight excluding hydrogens is 294 g/mol. The van der Waals surface area contributed by atoms with Gasteiger partial charge in [-0.3, -0.25) is 14.2 Å². The Balaban J connectivity index is 1.86. The number of furan rings is 1. The van der Waals surface area contributed by atoms with E-state index in [0.29, 0.717) is 11.1 Å². The van der Waals surface area contributed by atoms with Crippen LogP contribution >= 0.6 is 0 Å². The van der Waals surface area contributed by atoms with Crippen LogP contribution in [0.2, 0.25) is 0 Å². The summed E-state index contributed by atoms with van der Waals surface area (Å²) in [6, 6.07) is 10.7. The molecule has 6 heteroatoms. The summed E-state index contributed by atoms with van der Waals surface area (Å²) in [4.78, 5) is 28.6. The molecule has 1 aromatic carbocycles. The van der Waals surface area contributed by atoms with Crippen molar-refractivity contribution in [2.75, 3.05) is 0 Å². The Morgan fingerprint density at radius 2 is 2.00 bits per heavy atom. The number of hydrogen-bond donors (Lipinski definition) is 0. The van der Waals surface area contributed by atoms with Gasteiger partial charge in [0.1, 0.15) is 11.1 Å². The first-order valence-electron chi connectivity index (χ1n) is 7.16. The number of fused-ring (bicyclic) bond motifs is 3. The molecule has 0 bridgehead atoms. The number of rotatable bonds is 2. The summed E-state index contributed by atoms with van der Waals surface area (Å²) in [6.45, 7) is 0.273. The topological polar surface area (TPSA) is 70.0 Å². The van der Waals surface area contributed by atoms with Crippen molar-refractivity contribution < 1.29 is 4.42 Å². The monoisotopic (exact) mass is 307 g/mol. The van der Waals surface area contributed by atoms with E-state index < -0.39 is 0 Å². The summed E-state index contributed by atoms with van der Waals surface area (Å²) in [5, 5.41) is 0.820. The predicted octanol–water partition coefficient (Wildman–Crippen LogP) is 1.89. The Labute approximate surface area is 130 Å². The van der Waals surface area contributed by atoms with E-state index in [1.807, 2.05) is 24.3 Å². The van der Waals surface area contributed by atoms with Crippen LogP contribution < -0.4 is 11.1 Å².